The number of H-pyrrole nitrogens is 1. The van der Waals surface area contributed by atoms with Crippen LogP contribution in [-0.2, 0) is 6.54 Å². The van der Waals surface area contributed by atoms with Gasteiger partial charge in [-0.3, -0.25) is 9.47 Å². The minimum Gasteiger partial charge on any atom is -0.408 e. The van der Waals surface area contributed by atoms with E-state index in [1.807, 2.05) is 28.8 Å². The standard InChI is InChI=1S/C21H21N3O2/c25-21-24(19-9-3-4-10-20(19)26-21)16-6-5-11-23(14-16)13-15-12-22-18-8-2-1-7-17(15)18/h1-4,7-10,12,16,22H,5-6,11,13-14H2/t16-/m0/s1. The van der Waals surface area contributed by atoms with E-state index in [1.165, 1.54) is 16.5 Å². The normalized spacial score (nSPS) is 18.7. The lowest BCUT2D eigenvalue weighted by Crippen LogP contribution is -2.38. The number of benzene rings is 2. The molecule has 3 heterocycles. The van der Waals surface area contributed by atoms with Crippen molar-refractivity contribution in [2.24, 2.45) is 0 Å². The Morgan fingerprint density at radius 3 is 2.92 bits per heavy atom. The Labute approximate surface area is 150 Å². The molecule has 0 unspecified atom stereocenters. The molecule has 5 rings (SSSR count). The highest BCUT2D eigenvalue weighted by Crippen LogP contribution is 2.27. The van der Waals surface area contributed by atoms with Crippen molar-refractivity contribution in [3.05, 3.63) is 70.8 Å². The molecule has 1 saturated heterocycles. The largest absolute Gasteiger partial charge is 0.420 e. The number of nitrogens with zero attached hydrogens (tertiary/aromatic N) is 2. The summed E-state index contributed by atoms with van der Waals surface area (Å²) in [4.78, 5) is 18.2. The van der Waals surface area contributed by atoms with Crippen LogP contribution in [-0.4, -0.2) is 27.5 Å². The molecule has 0 saturated carbocycles. The van der Waals surface area contributed by atoms with Crippen LogP contribution in [0.15, 0.2) is 63.9 Å². The van der Waals surface area contributed by atoms with E-state index in [9.17, 15) is 4.79 Å². The number of oxazole rings is 1. The molecular weight excluding hydrogens is 326 g/mol. The number of aromatic amines is 1. The zero-order valence-electron chi connectivity index (χ0n) is 14.5. The third kappa shape index (κ3) is 2.56. The maximum Gasteiger partial charge on any atom is 0.420 e. The van der Waals surface area contributed by atoms with Crippen LogP contribution in [0.3, 0.4) is 0 Å². The molecule has 26 heavy (non-hydrogen) atoms. The number of hydrogen-bond donors (Lipinski definition) is 1. The molecule has 2 aromatic heterocycles. The fourth-order valence-corrected chi connectivity index (χ4v) is 4.22. The summed E-state index contributed by atoms with van der Waals surface area (Å²) >= 11 is 0. The highest BCUT2D eigenvalue weighted by molar-refractivity contribution is 5.83. The monoisotopic (exact) mass is 347 g/mol. The fraction of sp³-hybridized carbons (Fsp3) is 0.286. The number of fused-ring (bicyclic) bond motifs is 2. The molecule has 2 aromatic carbocycles. The third-order valence-electron chi connectivity index (χ3n) is 5.43. The average molecular weight is 347 g/mol. The van der Waals surface area contributed by atoms with E-state index in [2.05, 4.69) is 40.3 Å². The van der Waals surface area contributed by atoms with Crippen molar-refractivity contribution >= 4 is 22.0 Å². The number of para-hydroxylation sites is 3. The zero-order chi connectivity index (χ0) is 17.5. The summed E-state index contributed by atoms with van der Waals surface area (Å²) in [5.41, 5.74) is 4.06. The molecule has 1 aliphatic heterocycles. The van der Waals surface area contributed by atoms with Crippen molar-refractivity contribution in [2.75, 3.05) is 13.1 Å². The molecule has 1 N–H and O–H groups in total. The highest BCUT2D eigenvalue weighted by atomic mass is 16.4. The molecular formula is C21H21N3O2. The molecule has 0 radical (unpaired) electrons. The Morgan fingerprint density at radius 2 is 1.96 bits per heavy atom. The summed E-state index contributed by atoms with van der Waals surface area (Å²) in [6.07, 6.45) is 4.19. The van der Waals surface area contributed by atoms with Crippen LogP contribution >= 0.6 is 0 Å². The second-order valence-electron chi connectivity index (χ2n) is 7.10. The lowest BCUT2D eigenvalue weighted by Gasteiger charge is -2.32. The first-order valence-electron chi connectivity index (χ1n) is 9.17. The van der Waals surface area contributed by atoms with Gasteiger partial charge in [-0.25, -0.2) is 4.79 Å². The van der Waals surface area contributed by atoms with Gasteiger partial charge in [0.1, 0.15) is 0 Å². The van der Waals surface area contributed by atoms with Gasteiger partial charge < -0.3 is 9.40 Å². The van der Waals surface area contributed by atoms with Gasteiger partial charge in [0.05, 0.1) is 11.6 Å². The SMILES string of the molecule is O=c1oc2ccccc2n1[C@H]1CCCN(Cc2c[nH]c3ccccc23)C1. The number of nitrogens with one attached hydrogen (secondary N) is 1. The summed E-state index contributed by atoms with van der Waals surface area (Å²) in [5.74, 6) is -0.245. The van der Waals surface area contributed by atoms with Crippen molar-refractivity contribution in [1.29, 1.82) is 0 Å². The summed E-state index contributed by atoms with van der Waals surface area (Å²) < 4.78 is 7.28. The zero-order valence-corrected chi connectivity index (χ0v) is 14.5. The van der Waals surface area contributed by atoms with Gasteiger partial charge in [-0.1, -0.05) is 30.3 Å². The Bertz CT molecular complexity index is 1120. The second-order valence-corrected chi connectivity index (χ2v) is 7.10. The van der Waals surface area contributed by atoms with Gasteiger partial charge in [-0.05, 0) is 43.1 Å². The van der Waals surface area contributed by atoms with Gasteiger partial charge in [0.2, 0.25) is 0 Å². The molecule has 1 aliphatic rings. The number of rotatable bonds is 3. The Kier molecular flexibility index (Phi) is 3.68. The van der Waals surface area contributed by atoms with Gasteiger partial charge in [0.15, 0.2) is 5.58 Å². The smallest absolute Gasteiger partial charge is 0.408 e. The molecule has 5 heteroatoms. The van der Waals surface area contributed by atoms with Gasteiger partial charge in [-0.2, -0.15) is 0 Å². The first-order chi connectivity index (χ1) is 12.8. The lowest BCUT2D eigenvalue weighted by molar-refractivity contribution is 0.168. The topological polar surface area (TPSA) is 54.2 Å². The molecule has 0 amide bonds. The minimum absolute atomic E-state index is 0.158. The molecule has 1 atom stereocenters. The molecule has 132 valence electrons. The first kappa shape index (κ1) is 15.5. The van der Waals surface area contributed by atoms with Crippen LogP contribution in [0.4, 0.5) is 0 Å². The molecule has 4 aromatic rings. The molecule has 5 nitrogen and oxygen atoms in total. The Hall–Kier alpha value is -2.79. The fourth-order valence-electron chi connectivity index (χ4n) is 4.22. The Morgan fingerprint density at radius 1 is 1.12 bits per heavy atom. The van der Waals surface area contributed by atoms with Gasteiger partial charge in [0.25, 0.3) is 0 Å². The number of aromatic nitrogens is 2. The summed E-state index contributed by atoms with van der Waals surface area (Å²) in [7, 11) is 0. The van der Waals surface area contributed by atoms with Crippen LogP contribution < -0.4 is 5.76 Å². The lowest BCUT2D eigenvalue weighted by atomic mass is 10.0. The second kappa shape index (κ2) is 6.18. The predicted octanol–water partition coefficient (Wildman–Crippen LogP) is 3.91. The number of likely N-dealkylation sites (tertiary alicyclic amines) is 1. The number of piperidine rings is 1. The number of hydrogen-bond acceptors (Lipinski definition) is 3. The van der Waals surface area contributed by atoms with Crippen LogP contribution in [0.25, 0.3) is 22.0 Å². The van der Waals surface area contributed by atoms with Crippen molar-refractivity contribution < 1.29 is 4.42 Å². The van der Waals surface area contributed by atoms with E-state index in [1.54, 1.807) is 0 Å². The van der Waals surface area contributed by atoms with Crippen LogP contribution in [0.5, 0.6) is 0 Å². The van der Waals surface area contributed by atoms with E-state index in [0.717, 1.165) is 38.0 Å². The Balaban J connectivity index is 1.43. The predicted molar refractivity (Wildman–Crippen MR) is 102 cm³/mol. The minimum atomic E-state index is -0.245. The van der Waals surface area contributed by atoms with Gasteiger partial charge in [0, 0.05) is 30.2 Å². The van der Waals surface area contributed by atoms with Crippen molar-refractivity contribution in [2.45, 2.75) is 25.4 Å². The van der Waals surface area contributed by atoms with Crippen LogP contribution in [0.2, 0.25) is 0 Å². The van der Waals surface area contributed by atoms with E-state index in [0.29, 0.717) is 5.58 Å². The quantitative estimate of drug-likeness (QED) is 0.611. The molecule has 0 spiro atoms. The first-order valence-corrected chi connectivity index (χ1v) is 9.17. The van der Waals surface area contributed by atoms with Crippen molar-refractivity contribution in [3.63, 3.8) is 0 Å². The maximum absolute atomic E-state index is 12.4. The molecule has 1 fully saturated rings. The van der Waals surface area contributed by atoms with E-state index in [-0.39, 0.29) is 11.8 Å². The van der Waals surface area contributed by atoms with Crippen LogP contribution in [0.1, 0.15) is 24.4 Å². The van der Waals surface area contributed by atoms with E-state index >= 15 is 0 Å². The van der Waals surface area contributed by atoms with Gasteiger partial charge >= 0.3 is 5.76 Å². The third-order valence-corrected chi connectivity index (χ3v) is 5.43. The summed E-state index contributed by atoms with van der Waals surface area (Å²) in [6.45, 7) is 2.81. The van der Waals surface area contributed by atoms with Crippen LogP contribution in [0, 0.1) is 0 Å². The van der Waals surface area contributed by atoms with Gasteiger partial charge in [-0.15, -0.1) is 0 Å². The van der Waals surface area contributed by atoms with Crippen molar-refractivity contribution in [3.8, 4) is 0 Å². The summed E-state index contributed by atoms with van der Waals surface area (Å²) in [6, 6.07) is 16.3. The van der Waals surface area contributed by atoms with Crippen molar-refractivity contribution in [1.82, 2.24) is 14.5 Å². The highest BCUT2D eigenvalue weighted by Gasteiger charge is 2.25. The maximum atomic E-state index is 12.4. The molecule has 0 aliphatic carbocycles. The average Bonchev–Trinajstić information content (AvgIpc) is 3.22. The summed E-state index contributed by atoms with van der Waals surface area (Å²) in [5, 5.41) is 1.28. The van der Waals surface area contributed by atoms with E-state index < -0.39 is 0 Å². The molecule has 0 bridgehead atoms. The van der Waals surface area contributed by atoms with E-state index in [4.69, 9.17) is 4.42 Å².